The summed E-state index contributed by atoms with van der Waals surface area (Å²) >= 11 is 5.87. The highest BCUT2D eigenvalue weighted by molar-refractivity contribution is 6.30. The highest BCUT2D eigenvalue weighted by Crippen LogP contribution is 2.24. The fourth-order valence-electron chi connectivity index (χ4n) is 1.89. The average Bonchev–Trinajstić information content (AvgIpc) is 2.39. The predicted molar refractivity (Wildman–Crippen MR) is 73.1 cm³/mol. The summed E-state index contributed by atoms with van der Waals surface area (Å²) < 4.78 is 18.4. The van der Waals surface area contributed by atoms with E-state index in [4.69, 9.17) is 16.3 Å². The van der Waals surface area contributed by atoms with E-state index in [0.29, 0.717) is 22.6 Å². The quantitative estimate of drug-likeness (QED) is 0.924. The Labute approximate surface area is 116 Å². The molecule has 0 saturated carbocycles. The van der Waals surface area contributed by atoms with Gasteiger partial charge in [-0.15, -0.1) is 0 Å². The molecule has 0 aliphatic rings. The first-order chi connectivity index (χ1) is 9.10. The lowest BCUT2D eigenvalue weighted by Crippen LogP contribution is -2.02. The molecule has 0 spiro atoms. The maximum Gasteiger partial charge on any atom is 0.165 e. The fourth-order valence-corrected chi connectivity index (χ4v) is 2.09. The van der Waals surface area contributed by atoms with E-state index < -0.39 is 11.9 Å². The molecule has 0 amide bonds. The summed E-state index contributed by atoms with van der Waals surface area (Å²) in [7, 11) is 1.42. The third-order valence-electron chi connectivity index (χ3n) is 2.88. The van der Waals surface area contributed by atoms with E-state index in [0.717, 1.165) is 0 Å². The Kier molecular flexibility index (Phi) is 4.40. The van der Waals surface area contributed by atoms with Gasteiger partial charge in [0.15, 0.2) is 11.6 Å². The first kappa shape index (κ1) is 13.8. The molecular weight excluding hydrogens is 267 g/mol. The van der Waals surface area contributed by atoms with Crippen LogP contribution in [-0.4, -0.2) is 12.2 Å². The zero-order chi connectivity index (χ0) is 13.8. The summed E-state index contributed by atoms with van der Waals surface area (Å²) in [4.78, 5) is 0. The topological polar surface area (TPSA) is 29.5 Å². The minimum Gasteiger partial charge on any atom is -0.494 e. The Morgan fingerprint density at radius 1 is 1.26 bits per heavy atom. The maximum absolute atomic E-state index is 13.5. The van der Waals surface area contributed by atoms with Gasteiger partial charge in [0.2, 0.25) is 0 Å². The van der Waals surface area contributed by atoms with Crippen molar-refractivity contribution < 1.29 is 14.2 Å². The predicted octanol–water partition coefficient (Wildman–Crippen LogP) is 3.76. The minimum atomic E-state index is -0.716. The van der Waals surface area contributed by atoms with E-state index in [1.165, 1.54) is 13.2 Å². The third kappa shape index (κ3) is 3.46. The lowest BCUT2D eigenvalue weighted by Gasteiger charge is -2.12. The molecule has 2 rings (SSSR count). The smallest absolute Gasteiger partial charge is 0.165 e. The molecule has 2 nitrogen and oxygen atoms in total. The van der Waals surface area contributed by atoms with Crippen LogP contribution in [0.1, 0.15) is 17.2 Å². The van der Waals surface area contributed by atoms with Crippen LogP contribution in [0.25, 0.3) is 0 Å². The molecular formula is C15H14ClFO2. The SMILES string of the molecule is COc1ccc(CC(O)c2cccc(Cl)c2)cc1F. The second-order valence-electron chi connectivity index (χ2n) is 4.24. The molecule has 0 bridgehead atoms. The maximum atomic E-state index is 13.5. The summed E-state index contributed by atoms with van der Waals surface area (Å²) in [6.45, 7) is 0. The van der Waals surface area contributed by atoms with Crippen LogP contribution in [0.15, 0.2) is 42.5 Å². The molecule has 4 heteroatoms. The van der Waals surface area contributed by atoms with Gasteiger partial charge in [0.25, 0.3) is 0 Å². The normalized spacial score (nSPS) is 12.2. The Bertz CT molecular complexity index is 572. The van der Waals surface area contributed by atoms with Gasteiger partial charge in [0.05, 0.1) is 13.2 Å². The van der Waals surface area contributed by atoms with Crippen molar-refractivity contribution in [3.05, 3.63) is 64.4 Å². The molecule has 1 atom stereocenters. The van der Waals surface area contributed by atoms with Gasteiger partial charge in [-0.3, -0.25) is 0 Å². The highest BCUT2D eigenvalue weighted by atomic mass is 35.5. The second kappa shape index (κ2) is 6.04. The number of ether oxygens (including phenoxy) is 1. The van der Waals surface area contributed by atoms with E-state index >= 15 is 0 Å². The number of hydrogen-bond acceptors (Lipinski definition) is 2. The van der Waals surface area contributed by atoms with Gasteiger partial charge in [0, 0.05) is 11.4 Å². The number of hydrogen-bond donors (Lipinski definition) is 1. The number of aliphatic hydroxyl groups is 1. The Morgan fingerprint density at radius 2 is 2.05 bits per heavy atom. The summed E-state index contributed by atoms with van der Waals surface area (Å²) in [6, 6.07) is 11.7. The molecule has 2 aromatic carbocycles. The molecule has 0 saturated heterocycles. The molecule has 0 radical (unpaired) electrons. The van der Waals surface area contributed by atoms with Gasteiger partial charge in [-0.1, -0.05) is 29.8 Å². The zero-order valence-corrected chi connectivity index (χ0v) is 11.2. The van der Waals surface area contributed by atoms with Crippen molar-refractivity contribution in [3.63, 3.8) is 0 Å². The number of methoxy groups -OCH3 is 1. The monoisotopic (exact) mass is 280 g/mol. The van der Waals surface area contributed by atoms with Crippen LogP contribution in [0.2, 0.25) is 5.02 Å². The van der Waals surface area contributed by atoms with Crippen molar-refractivity contribution in [3.8, 4) is 5.75 Å². The molecule has 1 N–H and O–H groups in total. The molecule has 0 heterocycles. The number of aliphatic hydroxyl groups excluding tert-OH is 1. The van der Waals surface area contributed by atoms with E-state index in [-0.39, 0.29) is 5.75 Å². The summed E-state index contributed by atoms with van der Waals surface area (Å²) in [6.07, 6.45) is -0.396. The molecule has 0 aliphatic carbocycles. The Balaban J connectivity index is 2.14. The Hall–Kier alpha value is -1.58. The largest absolute Gasteiger partial charge is 0.494 e. The minimum absolute atomic E-state index is 0.195. The number of halogens is 2. The van der Waals surface area contributed by atoms with Crippen molar-refractivity contribution >= 4 is 11.6 Å². The second-order valence-corrected chi connectivity index (χ2v) is 4.68. The van der Waals surface area contributed by atoms with Crippen LogP contribution in [-0.2, 0) is 6.42 Å². The third-order valence-corrected chi connectivity index (χ3v) is 3.11. The van der Waals surface area contributed by atoms with Crippen LogP contribution >= 0.6 is 11.6 Å². The summed E-state index contributed by atoms with van der Waals surface area (Å²) in [5.41, 5.74) is 1.41. The van der Waals surface area contributed by atoms with Gasteiger partial charge in [0.1, 0.15) is 0 Å². The van der Waals surface area contributed by atoms with E-state index in [1.54, 1.807) is 36.4 Å². The van der Waals surface area contributed by atoms with Crippen LogP contribution in [0.4, 0.5) is 4.39 Å². The van der Waals surface area contributed by atoms with E-state index in [9.17, 15) is 9.50 Å². The van der Waals surface area contributed by atoms with Crippen LogP contribution in [0.3, 0.4) is 0 Å². The lowest BCUT2D eigenvalue weighted by atomic mass is 10.0. The van der Waals surface area contributed by atoms with E-state index in [1.807, 2.05) is 0 Å². The molecule has 0 aromatic heterocycles. The first-order valence-electron chi connectivity index (χ1n) is 5.86. The molecule has 1 unspecified atom stereocenters. The average molecular weight is 281 g/mol. The molecule has 0 fully saturated rings. The molecule has 19 heavy (non-hydrogen) atoms. The number of rotatable bonds is 4. The highest BCUT2D eigenvalue weighted by Gasteiger charge is 2.11. The molecule has 0 aliphatic heterocycles. The summed E-state index contributed by atoms with van der Waals surface area (Å²) in [5, 5.41) is 10.7. The van der Waals surface area contributed by atoms with Crippen LogP contribution in [0.5, 0.6) is 5.75 Å². The van der Waals surface area contributed by atoms with Gasteiger partial charge in [-0.25, -0.2) is 4.39 Å². The molecule has 2 aromatic rings. The Morgan fingerprint density at radius 3 is 2.68 bits per heavy atom. The van der Waals surface area contributed by atoms with E-state index in [2.05, 4.69) is 0 Å². The van der Waals surface area contributed by atoms with Crippen molar-refractivity contribution in [2.24, 2.45) is 0 Å². The van der Waals surface area contributed by atoms with Gasteiger partial charge < -0.3 is 9.84 Å². The van der Waals surface area contributed by atoms with Gasteiger partial charge in [-0.2, -0.15) is 0 Å². The van der Waals surface area contributed by atoms with Gasteiger partial charge in [-0.05, 0) is 35.4 Å². The van der Waals surface area contributed by atoms with Crippen LogP contribution in [0, 0.1) is 5.82 Å². The van der Waals surface area contributed by atoms with Crippen molar-refractivity contribution in [2.75, 3.05) is 7.11 Å². The van der Waals surface area contributed by atoms with Crippen molar-refractivity contribution in [2.45, 2.75) is 12.5 Å². The lowest BCUT2D eigenvalue weighted by molar-refractivity contribution is 0.178. The van der Waals surface area contributed by atoms with Gasteiger partial charge >= 0.3 is 0 Å². The molecule has 100 valence electrons. The first-order valence-corrected chi connectivity index (χ1v) is 6.24. The summed E-state index contributed by atoms with van der Waals surface area (Å²) in [5.74, 6) is -0.237. The fraction of sp³-hybridized carbons (Fsp3) is 0.200. The van der Waals surface area contributed by atoms with Crippen molar-refractivity contribution in [1.82, 2.24) is 0 Å². The standard InChI is InChI=1S/C15H14ClFO2/c1-19-15-6-5-10(7-13(15)17)8-14(18)11-3-2-4-12(16)9-11/h2-7,9,14,18H,8H2,1H3. The van der Waals surface area contributed by atoms with Crippen molar-refractivity contribution in [1.29, 1.82) is 0 Å². The zero-order valence-electron chi connectivity index (χ0n) is 10.4. The van der Waals surface area contributed by atoms with Crippen LogP contribution < -0.4 is 4.74 Å². The number of benzene rings is 2.